The van der Waals surface area contributed by atoms with Gasteiger partial charge >= 0.3 is 0 Å². The molecule has 2 heterocycles. The molecule has 0 saturated heterocycles. The molecule has 0 fully saturated rings. The number of hydrogen-bond acceptors (Lipinski definition) is 4. The fourth-order valence-corrected chi connectivity index (χ4v) is 9.19. The van der Waals surface area contributed by atoms with Gasteiger partial charge in [-0.1, -0.05) is 146 Å². The first-order chi connectivity index (χ1) is 28.2. The lowest BCUT2D eigenvalue weighted by molar-refractivity contribution is 0.669. The van der Waals surface area contributed by atoms with Gasteiger partial charge in [0.2, 0.25) is 0 Å². The summed E-state index contributed by atoms with van der Waals surface area (Å²) in [6, 6.07) is 73.5. The zero-order valence-corrected chi connectivity index (χ0v) is 31.7. The number of nitrogens with zero attached hydrogens (tertiary/aromatic N) is 2. The highest BCUT2D eigenvalue weighted by molar-refractivity contribution is 7.22. The number of thiazole rings is 1. The van der Waals surface area contributed by atoms with E-state index in [2.05, 4.69) is 205 Å². The van der Waals surface area contributed by atoms with Gasteiger partial charge in [-0.2, -0.15) is 0 Å². The van der Waals surface area contributed by atoms with Gasteiger partial charge in [-0.25, -0.2) is 4.98 Å². The molecule has 2 aromatic heterocycles. The third-order valence-corrected chi connectivity index (χ3v) is 12.0. The molecule has 0 aliphatic carbocycles. The number of hydrogen-bond donors (Lipinski definition) is 0. The van der Waals surface area contributed by atoms with Crippen molar-refractivity contribution in [2.24, 2.45) is 0 Å². The van der Waals surface area contributed by atoms with Gasteiger partial charge in [0.25, 0.3) is 0 Å². The van der Waals surface area contributed by atoms with Crippen molar-refractivity contribution < 1.29 is 4.42 Å². The maximum absolute atomic E-state index is 6.71. The molecule has 0 aliphatic rings. The average molecular weight is 747 g/mol. The van der Waals surface area contributed by atoms with Crippen molar-refractivity contribution in [2.75, 3.05) is 4.90 Å². The van der Waals surface area contributed by atoms with E-state index in [1.54, 1.807) is 11.3 Å². The van der Waals surface area contributed by atoms with E-state index < -0.39 is 0 Å². The Balaban J connectivity index is 1.12. The SMILES string of the molecule is c1ccc(-c2ccc(N(c3ccc4c(c3)oc3ccc5nc(-c6ccccc6)sc5c34)c3ccc(-c4ccccc4)cc3-c3ccc4ccccc4c3)cc2)cc1. The Hall–Kier alpha value is -7.27. The lowest BCUT2D eigenvalue weighted by atomic mass is 9.94. The van der Waals surface area contributed by atoms with Crippen LogP contribution in [0, 0.1) is 0 Å². The Labute approximate surface area is 334 Å². The van der Waals surface area contributed by atoms with Crippen LogP contribution in [0.3, 0.4) is 0 Å². The van der Waals surface area contributed by atoms with Crippen LogP contribution in [0.5, 0.6) is 0 Å². The Morgan fingerprint density at radius 2 is 1.04 bits per heavy atom. The standard InChI is InChI=1S/C53H34N2OS/c1-4-12-35(13-5-1)38-22-25-43(26-23-38)55(48-30-24-41(36-14-6-2-7-15-36)33-46(48)42-21-20-37-16-10-11-19-40(37)32-42)44-27-28-45-50(34-44)56-49-31-29-47-52(51(45)49)57-53(54-47)39-17-8-3-9-18-39/h1-34H. The highest BCUT2D eigenvalue weighted by atomic mass is 32.1. The van der Waals surface area contributed by atoms with Crippen molar-refractivity contribution in [1.29, 1.82) is 0 Å². The quantitative estimate of drug-likeness (QED) is 0.163. The normalized spacial score (nSPS) is 11.5. The first-order valence-electron chi connectivity index (χ1n) is 19.2. The minimum absolute atomic E-state index is 0.837. The highest BCUT2D eigenvalue weighted by Gasteiger charge is 2.22. The number of benzene rings is 9. The lowest BCUT2D eigenvalue weighted by Crippen LogP contribution is -2.11. The zero-order chi connectivity index (χ0) is 37.7. The van der Waals surface area contributed by atoms with Crippen molar-refractivity contribution in [3.8, 4) is 44.0 Å². The Kier molecular flexibility index (Phi) is 8.01. The van der Waals surface area contributed by atoms with Gasteiger partial charge in [0.15, 0.2) is 0 Å². The molecule has 11 aromatic rings. The van der Waals surface area contributed by atoms with Crippen LogP contribution in [0.25, 0.3) is 86.9 Å². The molecule has 0 bridgehead atoms. The van der Waals surface area contributed by atoms with E-state index in [0.717, 1.165) is 76.5 Å². The fraction of sp³-hybridized carbons (Fsp3) is 0. The number of furan rings is 1. The molecule has 0 atom stereocenters. The first kappa shape index (κ1) is 33.1. The predicted molar refractivity (Wildman–Crippen MR) is 241 cm³/mol. The Morgan fingerprint density at radius 3 is 1.79 bits per heavy atom. The topological polar surface area (TPSA) is 29.3 Å². The Bertz CT molecular complexity index is 3220. The molecule has 268 valence electrons. The minimum atomic E-state index is 0.837. The van der Waals surface area contributed by atoms with E-state index in [9.17, 15) is 0 Å². The van der Waals surface area contributed by atoms with Crippen LogP contribution in [-0.2, 0) is 0 Å². The van der Waals surface area contributed by atoms with Crippen LogP contribution in [0.4, 0.5) is 17.1 Å². The lowest BCUT2D eigenvalue weighted by Gasteiger charge is -2.28. The van der Waals surface area contributed by atoms with Gasteiger partial charge in [-0.15, -0.1) is 11.3 Å². The molecule has 57 heavy (non-hydrogen) atoms. The smallest absolute Gasteiger partial charge is 0.137 e. The second kappa shape index (κ2) is 13.8. The predicted octanol–water partition coefficient (Wildman–Crippen LogP) is 15.5. The number of fused-ring (bicyclic) bond motifs is 6. The van der Waals surface area contributed by atoms with Gasteiger partial charge < -0.3 is 9.32 Å². The van der Waals surface area contributed by atoms with E-state index in [4.69, 9.17) is 9.40 Å². The van der Waals surface area contributed by atoms with Crippen LogP contribution >= 0.6 is 11.3 Å². The van der Waals surface area contributed by atoms with E-state index in [-0.39, 0.29) is 0 Å². The van der Waals surface area contributed by atoms with Crippen molar-refractivity contribution >= 4 is 71.3 Å². The summed E-state index contributed by atoms with van der Waals surface area (Å²) < 4.78 is 7.85. The third kappa shape index (κ3) is 5.95. The second-order valence-corrected chi connectivity index (χ2v) is 15.4. The van der Waals surface area contributed by atoms with Crippen LogP contribution in [-0.4, -0.2) is 4.98 Å². The van der Waals surface area contributed by atoms with Crippen molar-refractivity contribution in [3.05, 3.63) is 206 Å². The van der Waals surface area contributed by atoms with E-state index in [1.165, 1.54) is 27.5 Å². The largest absolute Gasteiger partial charge is 0.456 e. The minimum Gasteiger partial charge on any atom is -0.456 e. The van der Waals surface area contributed by atoms with E-state index >= 15 is 0 Å². The highest BCUT2D eigenvalue weighted by Crippen LogP contribution is 2.46. The molecule has 0 radical (unpaired) electrons. The van der Waals surface area contributed by atoms with Crippen molar-refractivity contribution in [1.82, 2.24) is 4.98 Å². The van der Waals surface area contributed by atoms with E-state index in [0.29, 0.717) is 0 Å². The molecule has 4 heteroatoms. The Morgan fingerprint density at radius 1 is 0.421 bits per heavy atom. The van der Waals surface area contributed by atoms with Gasteiger partial charge in [0.05, 0.1) is 15.9 Å². The fourth-order valence-electron chi connectivity index (χ4n) is 8.07. The monoisotopic (exact) mass is 746 g/mol. The molecule has 9 aromatic carbocycles. The summed E-state index contributed by atoms with van der Waals surface area (Å²) in [6.45, 7) is 0. The third-order valence-electron chi connectivity index (χ3n) is 10.9. The average Bonchev–Trinajstić information content (AvgIpc) is 3.89. The molecule has 0 spiro atoms. The zero-order valence-electron chi connectivity index (χ0n) is 30.8. The molecule has 3 nitrogen and oxygen atoms in total. The first-order valence-corrected chi connectivity index (χ1v) is 20.0. The van der Waals surface area contributed by atoms with Crippen molar-refractivity contribution in [2.45, 2.75) is 0 Å². The van der Waals surface area contributed by atoms with Crippen LogP contribution < -0.4 is 4.90 Å². The van der Waals surface area contributed by atoms with Gasteiger partial charge in [-0.3, -0.25) is 0 Å². The molecule has 0 unspecified atom stereocenters. The summed E-state index contributed by atoms with van der Waals surface area (Å²) in [7, 11) is 0. The molecule has 0 amide bonds. The van der Waals surface area contributed by atoms with Crippen LogP contribution in [0.1, 0.15) is 0 Å². The molecule has 0 aliphatic heterocycles. The van der Waals surface area contributed by atoms with Gasteiger partial charge in [-0.05, 0) is 93.2 Å². The number of aromatic nitrogens is 1. The molecule has 11 rings (SSSR count). The van der Waals surface area contributed by atoms with Crippen molar-refractivity contribution in [3.63, 3.8) is 0 Å². The van der Waals surface area contributed by atoms with E-state index in [1.807, 2.05) is 6.07 Å². The molecule has 0 N–H and O–H groups in total. The summed E-state index contributed by atoms with van der Waals surface area (Å²) in [6.07, 6.45) is 0. The van der Waals surface area contributed by atoms with Gasteiger partial charge in [0, 0.05) is 39.3 Å². The maximum Gasteiger partial charge on any atom is 0.137 e. The maximum atomic E-state index is 6.71. The number of rotatable bonds is 7. The summed E-state index contributed by atoms with van der Waals surface area (Å²) in [4.78, 5) is 7.40. The van der Waals surface area contributed by atoms with Gasteiger partial charge in [0.1, 0.15) is 16.2 Å². The summed E-state index contributed by atoms with van der Waals surface area (Å²) >= 11 is 1.72. The summed E-state index contributed by atoms with van der Waals surface area (Å²) in [5, 5.41) is 5.62. The summed E-state index contributed by atoms with van der Waals surface area (Å²) in [5.74, 6) is 0. The number of anilines is 3. The van der Waals surface area contributed by atoms with Crippen LogP contribution in [0.2, 0.25) is 0 Å². The molecule has 0 saturated carbocycles. The molecular weight excluding hydrogens is 713 g/mol. The second-order valence-electron chi connectivity index (χ2n) is 14.4. The molecular formula is C53H34N2OS. The summed E-state index contributed by atoms with van der Waals surface area (Å²) in [5.41, 5.74) is 13.9. The van der Waals surface area contributed by atoms with Crippen LogP contribution in [0.15, 0.2) is 211 Å².